The first-order valence-corrected chi connectivity index (χ1v) is 12.3. The zero-order valence-corrected chi connectivity index (χ0v) is 19.3. The molecule has 3 heterocycles. The van der Waals surface area contributed by atoms with Gasteiger partial charge in [-0.15, -0.1) is 0 Å². The fourth-order valence-electron chi connectivity index (χ4n) is 3.92. The third kappa shape index (κ3) is 4.37. The molecule has 2 aromatic heterocycles. The van der Waals surface area contributed by atoms with Crippen molar-refractivity contribution in [3.8, 4) is 22.9 Å². The van der Waals surface area contributed by atoms with Crippen LogP contribution in [0.3, 0.4) is 0 Å². The van der Waals surface area contributed by atoms with Crippen molar-refractivity contribution in [2.45, 2.75) is 24.3 Å². The Bertz CT molecular complexity index is 1430. The molecule has 1 aliphatic rings. The Labute approximate surface area is 196 Å². The SMILES string of the molecule is CNS(=O)(=O)c1ccc(Oc2cc(-c3nc4ncccc4[nH]3)ccc2CN2CCCC2=O)cc1. The van der Waals surface area contributed by atoms with E-state index in [-0.39, 0.29) is 10.8 Å². The highest BCUT2D eigenvalue weighted by Gasteiger charge is 2.22. The zero-order chi connectivity index (χ0) is 23.7. The van der Waals surface area contributed by atoms with E-state index in [1.807, 2.05) is 35.2 Å². The van der Waals surface area contributed by atoms with Gasteiger partial charge >= 0.3 is 0 Å². The summed E-state index contributed by atoms with van der Waals surface area (Å²) in [6.45, 7) is 1.15. The Balaban J connectivity index is 1.50. The molecule has 4 aromatic rings. The van der Waals surface area contributed by atoms with E-state index in [0.717, 1.165) is 23.1 Å². The van der Waals surface area contributed by atoms with Gasteiger partial charge in [0.05, 0.1) is 10.4 Å². The van der Waals surface area contributed by atoms with Gasteiger partial charge in [0.25, 0.3) is 0 Å². The van der Waals surface area contributed by atoms with E-state index >= 15 is 0 Å². The summed E-state index contributed by atoms with van der Waals surface area (Å²) in [7, 11) is -2.18. The van der Waals surface area contributed by atoms with E-state index < -0.39 is 10.0 Å². The van der Waals surface area contributed by atoms with Crippen molar-refractivity contribution in [3.05, 3.63) is 66.4 Å². The summed E-state index contributed by atoms with van der Waals surface area (Å²) in [6, 6.07) is 15.7. The Hall–Kier alpha value is -3.76. The largest absolute Gasteiger partial charge is 0.457 e. The zero-order valence-electron chi connectivity index (χ0n) is 18.5. The second-order valence-corrected chi connectivity index (χ2v) is 9.87. The van der Waals surface area contributed by atoms with Crippen LogP contribution in [0, 0.1) is 0 Å². The van der Waals surface area contributed by atoms with Crippen LogP contribution in [0.25, 0.3) is 22.6 Å². The summed E-state index contributed by atoms with van der Waals surface area (Å²) < 4.78 is 32.5. The fourth-order valence-corrected chi connectivity index (χ4v) is 4.65. The number of ether oxygens (including phenoxy) is 1. The maximum atomic E-state index is 12.2. The van der Waals surface area contributed by atoms with Crippen LogP contribution < -0.4 is 9.46 Å². The number of rotatable bonds is 7. The number of amides is 1. The molecule has 5 rings (SSSR count). The van der Waals surface area contributed by atoms with E-state index in [2.05, 4.69) is 19.7 Å². The van der Waals surface area contributed by atoms with Crippen LogP contribution in [0.15, 0.2) is 65.7 Å². The molecule has 0 saturated carbocycles. The number of sulfonamides is 1. The molecule has 0 radical (unpaired) electrons. The molecule has 1 amide bonds. The van der Waals surface area contributed by atoms with Gasteiger partial charge in [-0.25, -0.2) is 23.1 Å². The third-order valence-electron chi connectivity index (χ3n) is 5.76. The predicted octanol–water partition coefficient (Wildman–Crippen LogP) is 3.45. The first kappa shape index (κ1) is 22.1. The van der Waals surface area contributed by atoms with Gasteiger partial charge in [0.1, 0.15) is 17.3 Å². The van der Waals surface area contributed by atoms with Gasteiger partial charge in [0.15, 0.2) is 5.65 Å². The van der Waals surface area contributed by atoms with Crippen LogP contribution in [0.1, 0.15) is 18.4 Å². The molecule has 1 fully saturated rings. The van der Waals surface area contributed by atoms with Crippen molar-refractivity contribution >= 4 is 27.1 Å². The molecular weight excluding hydrogens is 454 g/mol. The van der Waals surface area contributed by atoms with Crippen molar-refractivity contribution in [2.75, 3.05) is 13.6 Å². The number of hydrogen-bond donors (Lipinski definition) is 2. The predicted molar refractivity (Wildman–Crippen MR) is 127 cm³/mol. The summed E-state index contributed by atoms with van der Waals surface area (Å²) in [4.78, 5) is 26.3. The van der Waals surface area contributed by atoms with Crippen molar-refractivity contribution in [2.24, 2.45) is 0 Å². The van der Waals surface area contributed by atoms with E-state index in [9.17, 15) is 13.2 Å². The number of fused-ring (bicyclic) bond motifs is 1. The molecule has 0 spiro atoms. The normalized spacial score (nSPS) is 14.1. The average molecular weight is 478 g/mol. The van der Waals surface area contributed by atoms with Gasteiger partial charge in [-0.05, 0) is 55.9 Å². The summed E-state index contributed by atoms with van der Waals surface area (Å²) in [6.07, 6.45) is 3.09. The van der Waals surface area contributed by atoms with E-state index in [1.54, 1.807) is 18.3 Å². The second kappa shape index (κ2) is 8.88. The first-order valence-electron chi connectivity index (χ1n) is 10.9. The van der Waals surface area contributed by atoms with Crippen LogP contribution in [0.5, 0.6) is 11.5 Å². The first-order chi connectivity index (χ1) is 16.4. The minimum absolute atomic E-state index is 0.125. The number of H-pyrrole nitrogens is 1. The fraction of sp³-hybridized carbons (Fsp3) is 0.208. The van der Waals surface area contributed by atoms with E-state index in [4.69, 9.17) is 4.74 Å². The number of carbonyl (C=O) groups excluding carboxylic acids is 1. The number of nitrogens with zero attached hydrogens (tertiary/aromatic N) is 3. The minimum atomic E-state index is -3.54. The number of benzene rings is 2. The van der Waals surface area contributed by atoms with Crippen LogP contribution in [-0.2, 0) is 21.4 Å². The Morgan fingerprint density at radius 2 is 1.97 bits per heavy atom. The second-order valence-electron chi connectivity index (χ2n) is 7.98. The molecule has 1 saturated heterocycles. The average Bonchev–Trinajstić information content (AvgIpc) is 3.46. The summed E-state index contributed by atoms with van der Waals surface area (Å²) >= 11 is 0. The standard InChI is InChI=1S/C24H23N5O4S/c1-25-34(31,32)19-10-8-18(9-11-19)33-21-14-16(23-27-20-4-2-12-26-24(20)28-23)6-7-17(21)15-29-13-3-5-22(29)30/h2,4,6-12,14,25H,3,5,13,15H2,1H3,(H,26,27,28). The van der Waals surface area contributed by atoms with Crippen LogP contribution in [-0.4, -0.2) is 47.8 Å². The number of aromatic nitrogens is 3. The highest BCUT2D eigenvalue weighted by molar-refractivity contribution is 7.89. The maximum Gasteiger partial charge on any atom is 0.240 e. The van der Waals surface area contributed by atoms with Crippen molar-refractivity contribution in [1.29, 1.82) is 0 Å². The molecule has 10 heteroatoms. The van der Waals surface area contributed by atoms with E-state index in [0.29, 0.717) is 42.5 Å². The molecule has 34 heavy (non-hydrogen) atoms. The number of nitrogens with one attached hydrogen (secondary N) is 2. The summed E-state index contributed by atoms with van der Waals surface area (Å²) in [5.74, 6) is 1.82. The van der Waals surface area contributed by atoms with Gasteiger partial charge < -0.3 is 14.6 Å². The maximum absolute atomic E-state index is 12.2. The molecule has 0 aliphatic carbocycles. The number of pyridine rings is 1. The minimum Gasteiger partial charge on any atom is -0.457 e. The quantitative estimate of drug-likeness (QED) is 0.421. The molecule has 2 aromatic carbocycles. The van der Waals surface area contributed by atoms with Crippen molar-refractivity contribution in [1.82, 2.24) is 24.6 Å². The molecule has 174 valence electrons. The lowest BCUT2D eigenvalue weighted by Crippen LogP contribution is -2.24. The highest BCUT2D eigenvalue weighted by atomic mass is 32.2. The molecule has 0 bridgehead atoms. The lowest BCUT2D eigenvalue weighted by atomic mass is 10.1. The third-order valence-corrected chi connectivity index (χ3v) is 7.19. The highest BCUT2D eigenvalue weighted by Crippen LogP contribution is 2.32. The topological polar surface area (TPSA) is 117 Å². The van der Waals surface area contributed by atoms with Gasteiger partial charge in [0, 0.05) is 36.8 Å². The monoisotopic (exact) mass is 477 g/mol. The molecule has 9 nitrogen and oxygen atoms in total. The van der Waals surface area contributed by atoms with Crippen LogP contribution in [0.4, 0.5) is 0 Å². The van der Waals surface area contributed by atoms with Gasteiger partial charge in [0.2, 0.25) is 15.9 Å². The lowest BCUT2D eigenvalue weighted by Gasteiger charge is -2.19. The van der Waals surface area contributed by atoms with E-state index in [1.165, 1.54) is 19.2 Å². The van der Waals surface area contributed by atoms with Gasteiger partial charge in [-0.2, -0.15) is 0 Å². The Morgan fingerprint density at radius 1 is 1.15 bits per heavy atom. The number of aromatic amines is 1. The molecule has 0 atom stereocenters. The molecule has 2 N–H and O–H groups in total. The number of carbonyl (C=O) groups is 1. The van der Waals surface area contributed by atoms with Crippen LogP contribution in [0.2, 0.25) is 0 Å². The summed E-state index contributed by atoms with van der Waals surface area (Å²) in [5, 5.41) is 0. The molecular formula is C24H23N5O4S. The van der Waals surface area contributed by atoms with Crippen LogP contribution >= 0.6 is 0 Å². The smallest absolute Gasteiger partial charge is 0.240 e. The Morgan fingerprint density at radius 3 is 2.68 bits per heavy atom. The van der Waals surface area contributed by atoms with Gasteiger partial charge in [-0.1, -0.05) is 12.1 Å². The van der Waals surface area contributed by atoms with Gasteiger partial charge in [-0.3, -0.25) is 4.79 Å². The van der Waals surface area contributed by atoms with Crippen molar-refractivity contribution in [3.63, 3.8) is 0 Å². The number of hydrogen-bond acceptors (Lipinski definition) is 6. The lowest BCUT2D eigenvalue weighted by molar-refractivity contribution is -0.128. The molecule has 1 aliphatic heterocycles. The number of likely N-dealkylation sites (tertiary alicyclic amines) is 1. The van der Waals surface area contributed by atoms with Crippen molar-refractivity contribution < 1.29 is 17.9 Å². The number of imidazole rings is 1. The summed E-state index contributed by atoms with van der Waals surface area (Å²) in [5.41, 5.74) is 3.10. The molecule has 0 unspecified atom stereocenters. The Kier molecular flexibility index (Phi) is 5.76.